The van der Waals surface area contributed by atoms with E-state index < -0.39 is 70.5 Å². The molecule has 2 heterocycles. The molecule has 6 nitrogen and oxygen atoms in total. The fourth-order valence-corrected chi connectivity index (χ4v) is 4.88. The Morgan fingerprint density at radius 1 is 1.08 bits per heavy atom. The van der Waals surface area contributed by atoms with E-state index >= 15 is 0 Å². The highest BCUT2D eigenvalue weighted by molar-refractivity contribution is 5.99. The molecule has 0 radical (unpaired) electrons. The molecule has 0 spiro atoms. The normalized spacial score (nSPS) is 22.2. The van der Waals surface area contributed by atoms with Gasteiger partial charge < -0.3 is 20.5 Å². The number of aromatic nitrogens is 1. The van der Waals surface area contributed by atoms with E-state index in [2.05, 4.69) is 11.9 Å². The first kappa shape index (κ1) is 27.9. The van der Waals surface area contributed by atoms with Gasteiger partial charge in [0.05, 0.1) is 16.8 Å². The average Bonchev–Trinajstić information content (AvgIpc) is 3.75. The molecule has 1 amide bonds. The van der Waals surface area contributed by atoms with Crippen LogP contribution in [0.4, 0.5) is 36.4 Å². The van der Waals surface area contributed by atoms with Gasteiger partial charge in [-0.2, -0.15) is 0 Å². The topological polar surface area (TPSA) is 80.4 Å². The molecule has 3 unspecified atom stereocenters. The van der Waals surface area contributed by atoms with Gasteiger partial charge in [-0.25, -0.2) is 30.7 Å². The van der Waals surface area contributed by atoms with Crippen molar-refractivity contribution in [3.05, 3.63) is 63.3 Å². The summed E-state index contributed by atoms with van der Waals surface area (Å²) in [5.41, 5.74) is -0.193. The van der Waals surface area contributed by atoms with Crippen molar-refractivity contribution < 1.29 is 35.5 Å². The first-order valence-corrected chi connectivity index (χ1v) is 12.0. The number of hydrogen-bond donors (Lipinski definition) is 2. The summed E-state index contributed by atoms with van der Waals surface area (Å²) in [5.74, 6) is -0.700. The molecular weight excluding hydrogens is 521 g/mol. The van der Waals surface area contributed by atoms with Crippen LogP contribution < -0.4 is 16.6 Å². The van der Waals surface area contributed by atoms with Crippen molar-refractivity contribution in [2.45, 2.75) is 50.1 Å². The van der Waals surface area contributed by atoms with Gasteiger partial charge in [0, 0.05) is 30.9 Å². The van der Waals surface area contributed by atoms with Crippen LogP contribution in [0.3, 0.4) is 0 Å². The minimum Gasteiger partial charge on any atom is -0.398 e. The van der Waals surface area contributed by atoms with E-state index in [0.29, 0.717) is 16.7 Å². The minimum absolute atomic E-state index is 0.0408. The van der Waals surface area contributed by atoms with Gasteiger partial charge in [-0.3, -0.25) is 9.59 Å². The van der Waals surface area contributed by atoms with Crippen LogP contribution in [0.25, 0.3) is 0 Å². The second-order valence-electron chi connectivity index (χ2n) is 10.1. The first-order valence-electron chi connectivity index (χ1n) is 12.0. The monoisotopic (exact) mass is 548 g/mol. The smallest absolute Gasteiger partial charge is 0.266 e. The number of nitrogens with one attached hydrogen (secondary N) is 1. The van der Waals surface area contributed by atoms with Crippen LogP contribution in [-0.4, -0.2) is 48.4 Å². The number of piperidine rings is 1. The Morgan fingerprint density at radius 2 is 1.68 bits per heavy atom. The predicted octanol–water partition coefficient (Wildman–Crippen LogP) is 4.57. The molecule has 38 heavy (non-hydrogen) atoms. The molecule has 13 heteroatoms. The largest absolute Gasteiger partial charge is 0.398 e. The summed E-state index contributed by atoms with van der Waals surface area (Å²) >= 11 is 0. The van der Waals surface area contributed by atoms with Gasteiger partial charge in [-0.15, -0.1) is 0 Å². The number of carbonyl (C=O) groups is 1. The number of carbonyl (C=O) groups excluding carboxylic acids is 1. The number of anilines is 1. The lowest BCUT2D eigenvalue weighted by molar-refractivity contribution is 0.0643. The van der Waals surface area contributed by atoms with Crippen molar-refractivity contribution in [2.24, 2.45) is 11.8 Å². The third kappa shape index (κ3) is 5.52. The number of alkyl halides is 6. The van der Waals surface area contributed by atoms with E-state index in [9.17, 15) is 40.3 Å². The van der Waals surface area contributed by atoms with E-state index in [4.69, 9.17) is 5.73 Å². The second kappa shape index (κ2) is 10.6. The lowest BCUT2D eigenvalue weighted by atomic mass is 10.0. The molecule has 1 aliphatic heterocycles. The number of nitrogens with two attached hydrogens (primary N) is 1. The van der Waals surface area contributed by atoms with Crippen LogP contribution in [-0.2, 0) is 5.54 Å². The fourth-order valence-electron chi connectivity index (χ4n) is 4.88. The number of fused-ring (bicyclic) bond motifs is 1. The Kier molecular flexibility index (Phi) is 7.78. The maximum Gasteiger partial charge on any atom is 0.266 e. The lowest BCUT2D eigenvalue weighted by Crippen LogP contribution is -2.38. The molecule has 2 saturated carbocycles. The number of likely N-dealkylation sites (tertiary alicyclic amines) is 1. The Hall–Kier alpha value is -3.09. The van der Waals surface area contributed by atoms with Crippen LogP contribution in [0, 0.1) is 17.7 Å². The van der Waals surface area contributed by atoms with Crippen LogP contribution in [0.2, 0.25) is 0 Å². The van der Waals surface area contributed by atoms with Crippen LogP contribution in [0.15, 0.2) is 35.3 Å². The van der Waals surface area contributed by atoms with E-state index in [1.807, 2.05) is 0 Å². The highest BCUT2D eigenvalue weighted by Crippen LogP contribution is 2.48. The summed E-state index contributed by atoms with van der Waals surface area (Å²) in [6.45, 7) is 2.76. The molecule has 2 aromatic rings. The van der Waals surface area contributed by atoms with Crippen molar-refractivity contribution in [1.82, 2.24) is 14.8 Å². The number of pyridine rings is 1. The molecule has 1 aromatic heterocycles. The summed E-state index contributed by atoms with van der Waals surface area (Å²) in [7, 11) is 2.21. The Bertz CT molecular complexity index is 1240. The second-order valence-corrected chi connectivity index (χ2v) is 10.1. The summed E-state index contributed by atoms with van der Waals surface area (Å²) in [4.78, 5) is 27.1. The van der Waals surface area contributed by atoms with Gasteiger partial charge in [0.15, 0.2) is 0 Å². The average molecular weight is 549 g/mol. The van der Waals surface area contributed by atoms with Crippen molar-refractivity contribution in [3.63, 3.8) is 0 Å². The van der Waals surface area contributed by atoms with Gasteiger partial charge >= 0.3 is 0 Å². The minimum atomic E-state index is -3.41. The molecule has 208 valence electrons. The maximum absolute atomic E-state index is 14.3. The molecule has 0 bridgehead atoms. The number of halogens is 7. The lowest BCUT2D eigenvalue weighted by Gasteiger charge is -2.22. The summed E-state index contributed by atoms with van der Waals surface area (Å²) in [5, 5.41) is 1.79. The number of hydrogen-bond acceptors (Lipinski definition) is 4. The standard InChI is InChI=1S/C19H16F7N3O2.C6H11N/c20-13-8(2-1-3-9(13)15(21)22)14(16(23)24)28-17(31)10-7-29(12(30)6-11(10)27)19(4-5-19)18(25)26;1-7-3-5-2-6(5)4-7/h1-3,6-7,14-16,18H,4-5,27H2,(H,28,31);5-6H,2-4H2,1H3. The molecule has 1 aromatic carbocycles. The molecule has 3 atom stereocenters. The maximum atomic E-state index is 14.3. The number of rotatable bonds is 7. The molecule has 5 rings (SSSR count). The first-order chi connectivity index (χ1) is 17.9. The van der Waals surface area contributed by atoms with Gasteiger partial charge in [-0.05, 0) is 38.1 Å². The zero-order chi connectivity index (χ0) is 27.9. The molecule has 3 fully saturated rings. The molecular formula is C25H27F7N4O2. The number of nitrogen functional groups attached to an aromatic ring is 1. The number of benzene rings is 1. The third-order valence-electron chi connectivity index (χ3n) is 7.31. The summed E-state index contributed by atoms with van der Waals surface area (Å²) < 4.78 is 94.6. The van der Waals surface area contributed by atoms with Gasteiger partial charge in [-0.1, -0.05) is 18.2 Å². The van der Waals surface area contributed by atoms with E-state index in [1.165, 1.54) is 19.5 Å². The Balaban J connectivity index is 0.000000408. The van der Waals surface area contributed by atoms with Crippen molar-refractivity contribution in [3.8, 4) is 0 Å². The molecule has 1 saturated heterocycles. The predicted molar refractivity (Wildman–Crippen MR) is 125 cm³/mol. The Morgan fingerprint density at radius 3 is 2.16 bits per heavy atom. The highest BCUT2D eigenvalue weighted by Gasteiger charge is 2.53. The van der Waals surface area contributed by atoms with Gasteiger partial charge in [0.25, 0.3) is 30.7 Å². The van der Waals surface area contributed by atoms with E-state index in [-0.39, 0.29) is 12.8 Å². The van der Waals surface area contributed by atoms with Crippen LogP contribution in [0.5, 0.6) is 0 Å². The SMILES string of the molecule is CN1CC2CC2C1.Nc1cc(=O)n(C2(C(F)F)CC2)cc1C(=O)NC(c1cccc(C(F)F)c1F)C(F)F. The summed E-state index contributed by atoms with van der Waals surface area (Å²) in [6.07, 6.45) is -7.43. The number of amides is 1. The zero-order valence-electron chi connectivity index (χ0n) is 20.3. The Labute approximate surface area is 213 Å². The van der Waals surface area contributed by atoms with E-state index in [1.54, 1.807) is 5.32 Å². The van der Waals surface area contributed by atoms with E-state index in [0.717, 1.165) is 30.2 Å². The molecule has 3 N–H and O–H groups in total. The van der Waals surface area contributed by atoms with Crippen molar-refractivity contribution in [1.29, 1.82) is 0 Å². The summed E-state index contributed by atoms with van der Waals surface area (Å²) in [6, 6.07) is 0.804. The van der Waals surface area contributed by atoms with Crippen LogP contribution in [0.1, 0.15) is 53.2 Å². The zero-order valence-corrected chi connectivity index (χ0v) is 20.3. The molecule has 3 aliphatic rings. The third-order valence-corrected chi connectivity index (χ3v) is 7.31. The fraction of sp³-hybridized carbons (Fsp3) is 0.520. The van der Waals surface area contributed by atoms with Gasteiger partial charge in [0.1, 0.15) is 17.4 Å². The van der Waals surface area contributed by atoms with Crippen LogP contribution >= 0.6 is 0 Å². The highest BCUT2D eigenvalue weighted by atomic mass is 19.3. The van der Waals surface area contributed by atoms with Crippen molar-refractivity contribution >= 4 is 11.6 Å². The quantitative estimate of drug-likeness (QED) is 0.497. The van der Waals surface area contributed by atoms with Crippen molar-refractivity contribution in [2.75, 3.05) is 25.9 Å². The van der Waals surface area contributed by atoms with Gasteiger partial charge in [0.2, 0.25) is 0 Å². The molecule has 2 aliphatic carbocycles. The number of nitrogens with zero attached hydrogens (tertiary/aromatic N) is 2.